The van der Waals surface area contributed by atoms with E-state index in [0.717, 1.165) is 61.8 Å². The SMILES string of the molecule is CC1(C)c2cc(N(c3ccccc3)c3ccc(-c4ccccc4)cc3-c3ccccc3)ccc2-c2c1c1c(c3c2oc2ccccc23)-c2ccc(N(c3ccccc3)c3ccc(-c4ccccc4)cc3-c3ccccc3)cc2C1(C)C. The minimum absolute atomic E-state index is 0.414. The highest BCUT2D eigenvalue weighted by molar-refractivity contribution is 6.21. The zero-order chi connectivity index (χ0) is 54.4. The van der Waals surface area contributed by atoms with E-state index in [4.69, 9.17) is 4.42 Å². The van der Waals surface area contributed by atoms with Gasteiger partial charge in [-0.2, -0.15) is 0 Å². The summed E-state index contributed by atoms with van der Waals surface area (Å²) < 4.78 is 7.24. The molecule has 0 amide bonds. The molecule has 12 aromatic carbocycles. The molecule has 0 saturated carbocycles. The van der Waals surface area contributed by atoms with Crippen LogP contribution >= 0.6 is 0 Å². The summed E-state index contributed by atoms with van der Waals surface area (Å²) in [5, 5.41) is 2.33. The van der Waals surface area contributed by atoms with Crippen molar-refractivity contribution >= 4 is 56.1 Å². The lowest BCUT2D eigenvalue weighted by Crippen LogP contribution is -2.24. The first-order valence-electron chi connectivity index (χ1n) is 28.2. The summed E-state index contributed by atoms with van der Waals surface area (Å²) in [6.07, 6.45) is 0. The van der Waals surface area contributed by atoms with Crippen LogP contribution in [0.1, 0.15) is 49.9 Å². The van der Waals surface area contributed by atoms with Crippen molar-refractivity contribution in [3.05, 3.63) is 301 Å². The van der Waals surface area contributed by atoms with E-state index in [0.29, 0.717) is 0 Å². The summed E-state index contributed by atoms with van der Waals surface area (Å²) in [6, 6.07) is 102. The third-order valence-corrected chi connectivity index (χ3v) is 17.4. The van der Waals surface area contributed by atoms with Crippen LogP contribution in [0.15, 0.2) is 283 Å². The molecule has 386 valence electrons. The summed E-state index contributed by atoms with van der Waals surface area (Å²) >= 11 is 0. The van der Waals surface area contributed by atoms with Gasteiger partial charge in [-0.1, -0.05) is 228 Å². The highest BCUT2D eigenvalue weighted by atomic mass is 16.3. The Kier molecular flexibility index (Phi) is 11.2. The maximum absolute atomic E-state index is 7.24. The van der Waals surface area contributed by atoms with Gasteiger partial charge >= 0.3 is 0 Å². The number of fused-ring (bicyclic) bond motifs is 12. The van der Waals surface area contributed by atoms with Gasteiger partial charge in [-0.3, -0.25) is 0 Å². The van der Waals surface area contributed by atoms with Gasteiger partial charge in [-0.05, 0) is 151 Å². The lowest BCUT2D eigenvalue weighted by atomic mass is 9.72. The molecule has 0 spiro atoms. The van der Waals surface area contributed by atoms with Crippen LogP contribution in [0.5, 0.6) is 0 Å². The number of hydrogen-bond donors (Lipinski definition) is 0. The van der Waals surface area contributed by atoms with Gasteiger partial charge in [0.2, 0.25) is 0 Å². The minimum atomic E-state index is -0.428. The number of benzene rings is 12. The predicted octanol–water partition coefficient (Wildman–Crippen LogP) is 21.8. The fourth-order valence-electron chi connectivity index (χ4n) is 13.6. The smallest absolute Gasteiger partial charge is 0.144 e. The second kappa shape index (κ2) is 18.9. The molecular weight excluding hydrogens is 981 g/mol. The lowest BCUT2D eigenvalue weighted by molar-refractivity contribution is 0.600. The van der Waals surface area contributed by atoms with Crippen molar-refractivity contribution in [1.82, 2.24) is 0 Å². The fraction of sp³-hybridized carbons (Fsp3) is 0.0769. The molecule has 0 unspecified atom stereocenters. The molecule has 2 aliphatic carbocycles. The summed E-state index contributed by atoms with van der Waals surface area (Å²) in [7, 11) is 0. The predicted molar refractivity (Wildman–Crippen MR) is 340 cm³/mol. The van der Waals surface area contributed by atoms with Crippen molar-refractivity contribution in [2.45, 2.75) is 38.5 Å². The first-order valence-corrected chi connectivity index (χ1v) is 28.2. The molecule has 0 radical (unpaired) electrons. The molecule has 13 aromatic rings. The lowest BCUT2D eigenvalue weighted by Gasteiger charge is -2.32. The average Bonchev–Trinajstić information content (AvgIpc) is 4.27. The van der Waals surface area contributed by atoms with Crippen molar-refractivity contribution in [2.75, 3.05) is 9.80 Å². The zero-order valence-corrected chi connectivity index (χ0v) is 45.9. The van der Waals surface area contributed by atoms with Gasteiger partial charge in [-0.15, -0.1) is 0 Å². The molecule has 3 heteroatoms. The van der Waals surface area contributed by atoms with Crippen LogP contribution in [0.2, 0.25) is 0 Å². The number of furan rings is 1. The number of rotatable bonds is 10. The second-order valence-corrected chi connectivity index (χ2v) is 22.8. The van der Waals surface area contributed by atoms with E-state index >= 15 is 0 Å². The first kappa shape index (κ1) is 48.2. The summed E-state index contributed by atoms with van der Waals surface area (Å²) in [6.45, 7) is 9.80. The molecule has 1 aromatic heterocycles. The van der Waals surface area contributed by atoms with Crippen molar-refractivity contribution in [1.29, 1.82) is 0 Å². The molecule has 0 atom stereocenters. The van der Waals surface area contributed by atoms with E-state index in [2.05, 4.69) is 317 Å². The van der Waals surface area contributed by atoms with E-state index < -0.39 is 10.8 Å². The van der Waals surface area contributed by atoms with Crippen molar-refractivity contribution in [3.8, 4) is 66.8 Å². The van der Waals surface area contributed by atoms with Gasteiger partial charge in [0.05, 0.1) is 11.4 Å². The molecule has 3 nitrogen and oxygen atoms in total. The first-order chi connectivity index (χ1) is 39.7. The van der Waals surface area contributed by atoms with Gasteiger partial charge in [0.15, 0.2) is 0 Å². The Morgan fingerprint density at radius 3 is 1.14 bits per heavy atom. The summed E-state index contributed by atoms with van der Waals surface area (Å²) in [5.74, 6) is 0. The highest BCUT2D eigenvalue weighted by Gasteiger charge is 2.49. The van der Waals surface area contributed by atoms with E-state index in [9.17, 15) is 0 Å². The quantitative estimate of drug-likeness (QED) is 0.136. The van der Waals surface area contributed by atoms with Crippen LogP contribution in [0, 0.1) is 0 Å². The molecule has 0 aliphatic heterocycles. The molecule has 15 rings (SSSR count). The monoisotopic (exact) mass is 1040 g/mol. The Balaban J connectivity index is 0.923. The Morgan fingerprint density at radius 1 is 0.296 bits per heavy atom. The molecule has 0 saturated heterocycles. The van der Waals surface area contributed by atoms with Crippen LogP contribution in [-0.2, 0) is 10.8 Å². The number of anilines is 6. The molecular formula is C78H58N2O. The maximum Gasteiger partial charge on any atom is 0.144 e. The molecule has 2 aliphatic rings. The minimum Gasteiger partial charge on any atom is -0.455 e. The van der Waals surface area contributed by atoms with E-state index in [1.807, 2.05) is 0 Å². The molecule has 0 fully saturated rings. The number of para-hydroxylation sites is 3. The van der Waals surface area contributed by atoms with Crippen LogP contribution in [0.25, 0.3) is 88.7 Å². The van der Waals surface area contributed by atoms with Gasteiger partial charge in [0.25, 0.3) is 0 Å². The van der Waals surface area contributed by atoms with Crippen LogP contribution in [0.3, 0.4) is 0 Å². The van der Waals surface area contributed by atoms with Crippen molar-refractivity contribution < 1.29 is 4.42 Å². The molecule has 1 heterocycles. The Morgan fingerprint density at radius 2 is 0.679 bits per heavy atom. The fourth-order valence-corrected chi connectivity index (χ4v) is 13.6. The third kappa shape index (κ3) is 7.71. The number of nitrogens with zero attached hydrogens (tertiary/aromatic N) is 2. The van der Waals surface area contributed by atoms with E-state index in [1.165, 1.54) is 83.3 Å². The maximum atomic E-state index is 7.24. The Labute approximate surface area is 474 Å². The standard InChI is InChI=1S/C78H58N2O/c1-77(2)66-49-59(79(57-33-19-9-20-34-57)68-45-39-55(51-25-11-5-12-26-51)47-64(68)53-29-15-7-16-30-53)41-43-61(66)71-72-63-37-23-24-38-70(63)81-76(72)73-62-44-42-60(50-67(62)78(3,4)75(73)74(71)77)80(58-35-21-10-22-36-58)69-46-40-56(52-27-13-6-14-28-52)48-65(69)54-31-17-8-18-32-54/h5-50H,1-4H3. The van der Waals surface area contributed by atoms with Crippen LogP contribution in [-0.4, -0.2) is 0 Å². The van der Waals surface area contributed by atoms with Gasteiger partial charge in [0.1, 0.15) is 11.2 Å². The third-order valence-electron chi connectivity index (χ3n) is 17.4. The normalized spacial score (nSPS) is 13.4. The number of hydrogen-bond acceptors (Lipinski definition) is 3. The van der Waals surface area contributed by atoms with Gasteiger partial charge < -0.3 is 14.2 Å². The van der Waals surface area contributed by atoms with Crippen LogP contribution in [0.4, 0.5) is 34.1 Å². The molecule has 81 heavy (non-hydrogen) atoms. The zero-order valence-electron chi connectivity index (χ0n) is 45.9. The van der Waals surface area contributed by atoms with E-state index in [-0.39, 0.29) is 0 Å². The Hall–Kier alpha value is -9.96. The highest BCUT2D eigenvalue weighted by Crippen LogP contribution is 2.64. The molecule has 0 N–H and O–H groups in total. The van der Waals surface area contributed by atoms with E-state index in [1.54, 1.807) is 0 Å². The van der Waals surface area contributed by atoms with Gasteiger partial charge in [0, 0.05) is 61.0 Å². The summed E-state index contributed by atoms with van der Waals surface area (Å²) in [5.41, 5.74) is 27.3. The topological polar surface area (TPSA) is 19.6 Å². The summed E-state index contributed by atoms with van der Waals surface area (Å²) in [4.78, 5) is 4.91. The van der Waals surface area contributed by atoms with Crippen molar-refractivity contribution in [3.63, 3.8) is 0 Å². The average molecular weight is 1040 g/mol. The second-order valence-electron chi connectivity index (χ2n) is 22.8. The van der Waals surface area contributed by atoms with Crippen LogP contribution < -0.4 is 9.80 Å². The largest absolute Gasteiger partial charge is 0.455 e. The van der Waals surface area contributed by atoms with Crippen molar-refractivity contribution in [2.24, 2.45) is 0 Å². The Bertz CT molecular complexity index is 4540. The van der Waals surface area contributed by atoms with Gasteiger partial charge in [-0.25, -0.2) is 0 Å². The molecule has 0 bridgehead atoms.